The van der Waals surface area contributed by atoms with E-state index in [0.717, 1.165) is 44.1 Å². The standard InChI is InChI=1S/C37H60O9/c1-19(2)20(3)9-10-21(32(44)46-33-31(43)30(42)29(41)25(18-38)45-33)24-17-28(40)37(8)23-11-12-26-34(4,5)27(39)14-15-35(26,6)22(23)13-16-36(24,37)7/h19,21,24-31,33,38-43H,3,9-18H2,1-2,4-8H3. The molecule has 3 fully saturated rings. The molecule has 1 heterocycles. The number of aliphatic hydroxyl groups excluding tert-OH is 6. The van der Waals surface area contributed by atoms with E-state index in [9.17, 15) is 35.4 Å². The molecule has 262 valence electrons. The molecule has 1 aliphatic heterocycles. The summed E-state index contributed by atoms with van der Waals surface area (Å²) in [5.41, 5.74) is 2.61. The van der Waals surface area contributed by atoms with Gasteiger partial charge in [0, 0.05) is 5.41 Å². The molecule has 13 unspecified atom stereocenters. The molecule has 6 N–H and O–H groups in total. The molecule has 0 bridgehead atoms. The molecule has 9 heteroatoms. The number of ether oxygens (including phenoxy) is 2. The van der Waals surface area contributed by atoms with E-state index in [2.05, 4.69) is 55.0 Å². The number of allylic oxidation sites excluding steroid dienone is 2. The highest BCUT2D eigenvalue weighted by Gasteiger charge is 2.67. The topological polar surface area (TPSA) is 157 Å². The molecular formula is C37H60O9. The van der Waals surface area contributed by atoms with Crippen molar-refractivity contribution in [2.45, 2.75) is 149 Å². The number of rotatable bonds is 8. The Kier molecular flexibility index (Phi) is 9.79. The maximum absolute atomic E-state index is 14.2. The summed E-state index contributed by atoms with van der Waals surface area (Å²) < 4.78 is 11.4. The maximum atomic E-state index is 14.2. The van der Waals surface area contributed by atoms with Gasteiger partial charge in [0.2, 0.25) is 6.29 Å². The molecule has 2 saturated carbocycles. The quantitative estimate of drug-likeness (QED) is 0.169. The van der Waals surface area contributed by atoms with Crippen molar-refractivity contribution in [3.63, 3.8) is 0 Å². The third kappa shape index (κ3) is 5.35. The van der Waals surface area contributed by atoms with Gasteiger partial charge >= 0.3 is 5.97 Å². The fraction of sp³-hybridized carbons (Fsp3) is 0.865. The van der Waals surface area contributed by atoms with Crippen molar-refractivity contribution >= 4 is 5.97 Å². The van der Waals surface area contributed by atoms with Crippen molar-refractivity contribution in [1.29, 1.82) is 0 Å². The Morgan fingerprint density at radius 3 is 2.24 bits per heavy atom. The van der Waals surface area contributed by atoms with Crippen molar-refractivity contribution in [2.24, 2.45) is 45.3 Å². The third-order valence-corrected chi connectivity index (χ3v) is 14.3. The second-order valence-corrected chi connectivity index (χ2v) is 16.9. The predicted molar refractivity (Wildman–Crippen MR) is 173 cm³/mol. The summed E-state index contributed by atoms with van der Waals surface area (Å²) in [5, 5.41) is 64.0. The largest absolute Gasteiger partial charge is 0.432 e. The smallest absolute Gasteiger partial charge is 0.311 e. The molecule has 13 atom stereocenters. The van der Waals surface area contributed by atoms with Gasteiger partial charge in [0.25, 0.3) is 0 Å². The molecule has 0 aromatic rings. The van der Waals surface area contributed by atoms with Crippen LogP contribution in [0.4, 0.5) is 0 Å². The van der Waals surface area contributed by atoms with Gasteiger partial charge in [-0.05, 0) is 91.8 Å². The molecule has 0 spiro atoms. The third-order valence-electron chi connectivity index (χ3n) is 14.3. The number of fused-ring (bicyclic) bond motifs is 4. The van der Waals surface area contributed by atoms with Gasteiger partial charge in [0.05, 0.1) is 24.7 Å². The minimum Gasteiger partial charge on any atom is -0.432 e. The van der Waals surface area contributed by atoms with Crippen LogP contribution in [0, 0.1) is 45.3 Å². The number of hydrogen-bond acceptors (Lipinski definition) is 9. The fourth-order valence-corrected chi connectivity index (χ4v) is 10.8. The highest BCUT2D eigenvalue weighted by molar-refractivity contribution is 5.73. The van der Waals surface area contributed by atoms with Crippen molar-refractivity contribution in [3.8, 4) is 0 Å². The Balaban J connectivity index is 1.49. The minimum atomic E-state index is -1.68. The molecular weight excluding hydrogens is 588 g/mol. The Morgan fingerprint density at radius 2 is 1.61 bits per heavy atom. The first-order chi connectivity index (χ1) is 21.4. The van der Waals surface area contributed by atoms with E-state index in [1.807, 2.05) is 0 Å². The zero-order chi connectivity index (χ0) is 34.1. The zero-order valence-corrected chi connectivity index (χ0v) is 29.0. The van der Waals surface area contributed by atoms with E-state index in [1.54, 1.807) is 0 Å². The summed E-state index contributed by atoms with van der Waals surface area (Å²) in [4.78, 5) is 14.2. The van der Waals surface area contributed by atoms with Crippen LogP contribution in [-0.2, 0) is 14.3 Å². The average molecular weight is 649 g/mol. The van der Waals surface area contributed by atoms with Crippen molar-refractivity contribution in [1.82, 2.24) is 0 Å². The first-order valence-corrected chi connectivity index (χ1v) is 17.6. The lowest BCUT2D eigenvalue weighted by molar-refractivity contribution is -0.294. The Hall–Kier alpha value is -1.33. The van der Waals surface area contributed by atoms with E-state index in [0.29, 0.717) is 25.2 Å². The molecule has 0 aromatic carbocycles. The number of hydrogen-bond donors (Lipinski definition) is 6. The second-order valence-electron chi connectivity index (χ2n) is 16.9. The zero-order valence-electron chi connectivity index (χ0n) is 29.0. The van der Waals surface area contributed by atoms with Crippen LogP contribution >= 0.6 is 0 Å². The lowest BCUT2D eigenvalue weighted by Gasteiger charge is -2.62. The summed E-state index contributed by atoms with van der Waals surface area (Å²) in [6.45, 7) is 19.0. The first-order valence-electron chi connectivity index (χ1n) is 17.6. The van der Waals surface area contributed by atoms with Crippen molar-refractivity contribution in [2.75, 3.05) is 6.61 Å². The van der Waals surface area contributed by atoms with Gasteiger partial charge < -0.3 is 40.1 Å². The van der Waals surface area contributed by atoms with Crippen LogP contribution in [0.15, 0.2) is 23.3 Å². The van der Waals surface area contributed by atoms with Crippen LogP contribution in [0.1, 0.15) is 106 Å². The van der Waals surface area contributed by atoms with Gasteiger partial charge in [0.15, 0.2) is 0 Å². The van der Waals surface area contributed by atoms with Gasteiger partial charge in [-0.1, -0.05) is 71.8 Å². The second kappa shape index (κ2) is 12.5. The van der Waals surface area contributed by atoms with E-state index in [-0.39, 0.29) is 28.8 Å². The number of carbonyl (C=O) groups excluding carboxylic acids is 1. The minimum absolute atomic E-state index is 0.0467. The predicted octanol–water partition coefficient (Wildman–Crippen LogP) is 4.02. The summed E-state index contributed by atoms with van der Waals surface area (Å²) in [7, 11) is 0. The lowest BCUT2D eigenvalue weighted by atomic mass is 9.43. The van der Waals surface area contributed by atoms with Crippen molar-refractivity contribution < 1.29 is 44.9 Å². The molecule has 0 aromatic heterocycles. The summed E-state index contributed by atoms with van der Waals surface area (Å²) >= 11 is 0. The number of carbonyl (C=O) groups is 1. The Bertz CT molecular complexity index is 1210. The number of esters is 1. The summed E-state index contributed by atoms with van der Waals surface area (Å²) in [6.07, 6.45) is -1.91. The molecule has 0 amide bonds. The number of aliphatic hydroxyl groups is 6. The van der Waals surface area contributed by atoms with Crippen LogP contribution in [0.3, 0.4) is 0 Å². The van der Waals surface area contributed by atoms with Crippen LogP contribution in [0.2, 0.25) is 0 Å². The molecule has 5 rings (SSSR count). The molecule has 4 aliphatic carbocycles. The molecule has 46 heavy (non-hydrogen) atoms. The summed E-state index contributed by atoms with van der Waals surface area (Å²) in [6, 6.07) is 0. The molecule has 0 radical (unpaired) electrons. The van der Waals surface area contributed by atoms with E-state index in [4.69, 9.17) is 9.47 Å². The van der Waals surface area contributed by atoms with E-state index < -0.39 is 66.1 Å². The normalized spacial score (nSPS) is 45.9. The van der Waals surface area contributed by atoms with Gasteiger partial charge in [-0.3, -0.25) is 4.79 Å². The Morgan fingerprint density at radius 1 is 0.935 bits per heavy atom. The summed E-state index contributed by atoms with van der Waals surface area (Å²) in [5.74, 6) is -0.861. The lowest BCUT2D eigenvalue weighted by Crippen LogP contribution is -2.60. The van der Waals surface area contributed by atoms with Gasteiger partial charge in [-0.25, -0.2) is 0 Å². The van der Waals surface area contributed by atoms with Gasteiger partial charge in [0.1, 0.15) is 24.4 Å². The highest BCUT2D eigenvalue weighted by Crippen LogP contribution is 2.72. The molecule has 9 nitrogen and oxygen atoms in total. The fourth-order valence-electron chi connectivity index (χ4n) is 10.8. The van der Waals surface area contributed by atoms with Gasteiger partial charge in [-0.15, -0.1) is 0 Å². The average Bonchev–Trinajstić information content (AvgIpc) is 3.20. The molecule has 5 aliphatic rings. The van der Waals surface area contributed by atoms with Crippen molar-refractivity contribution in [3.05, 3.63) is 23.3 Å². The first kappa shape index (κ1) is 36.0. The maximum Gasteiger partial charge on any atom is 0.311 e. The van der Waals surface area contributed by atoms with Crippen LogP contribution < -0.4 is 0 Å². The molecule has 1 saturated heterocycles. The van der Waals surface area contributed by atoms with E-state index in [1.165, 1.54) is 11.1 Å². The Labute approximate surface area is 275 Å². The van der Waals surface area contributed by atoms with Crippen LogP contribution in [0.5, 0.6) is 0 Å². The van der Waals surface area contributed by atoms with Gasteiger partial charge in [-0.2, -0.15) is 0 Å². The monoisotopic (exact) mass is 648 g/mol. The highest BCUT2D eigenvalue weighted by atomic mass is 16.7. The van der Waals surface area contributed by atoms with Crippen LogP contribution in [0.25, 0.3) is 0 Å². The van der Waals surface area contributed by atoms with Crippen LogP contribution in [-0.4, -0.2) is 86.1 Å². The SMILES string of the molecule is C=C(CCC(C(=O)OC1OC(CO)C(O)C(O)C1O)C1CC(O)C2(C)C3=C(CCC12C)C1(C)CCC(O)C(C)(C)C1CC3)C(C)C. The van der Waals surface area contributed by atoms with E-state index >= 15 is 0 Å².